The molecule has 3 aromatic rings. The number of rotatable bonds is 7. The van der Waals surface area contributed by atoms with Crippen molar-refractivity contribution < 1.29 is 18.8 Å². The van der Waals surface area contributed by atoms with E-state index < -0.39 is 0 Å². The minimum Gasteiger partial charge on any atom is -0.493 e. The highest BCUT2D eigenvalue weighted by Crippen LogP contribution is 2.31. The lowest BCUT2D eigenvalue weighted by atomic mass is 10.1. The maximum atomic E-state index is 11.4. The van der Waals surface area contributed by atoms with Gasteiger partial charge < -0.3 is 19.3 Å². The summed E-state index contributed by atoms with van der Waals surface area (Å²) in [6, 6.07) is 12.7. The van der Waals surface area contributed by atoms with E-state index in [9.17, 15) is 4.79 Å². The fourth-order valence-corrected chi connectivity index (χ4v) is 2.45. The number of carbonyl (C=O) groups excluding carboxylic acids is 1. The number of hydrogen-bond donors (Lipinski definition) is 1. The Balaban J connectivity index is 1.72. The smallest absolute Gasteiger partial charge is 0.246 e. The zero-order chi connectivity index (χ0) is 18.5. The third-order valence-corrected chi connectivity index (χ3v) is 3.82. The van der Waals surface area contributed by atoms with Crippen LogP contribution in [0.25, 0.3) is 11.4 Å². The summed E-state index contributed by atoms with van der Waals surface area (Å²) < 4.78 is 15.8. The molecule has 1 aromatic heterocycles. The van der Waals surface area contributed by atoms with E-state index in [2.05, 4.69) is 15.5 Å². The monoisotopic (exact) mass is 353 g/mol. The van der Waals surface area contributed by atoms with Crippen LogP contribution in [0.3, 0.4) is 0 Å². The van der Waals surface area contributed by atoms with Crippen molar-refractivity contribution in [1.82, 2.24) is 10.1 Å². The first kappa shape index (κ1) is 17.5. The molecule has 0 bridgehead atoms. The highest BCUT2D eigenvalue weighted by Gasteiger charge is 2.12. The molecule has 0 atom stereocenters. The van der Waals surface area contributed by atoms with E-state index in [0.29, 0.717) is 35.3 Å². The predicted molar refractivity (Wildman–Crippen MR) is 96.6 cm³/mol. The van der Waals surface area contributed by atoms with Gasteiger partial charge in [0, 0.05) is 16.8 Å². The molecule has 0 saturated heterocycles. The number of hydrogen-bond acceptors (Lipinski definition) is 7. The Morgan fingerprint density at radius 2 is 1.92 bits per heavy atom. The van der Waals surface area contributed by atoms with Crippen LogP contribution in [0.5, 0.6) is 11.5 Å². The van der Waals surface area contributed by atoms with Gasteiger partial charge in [0.05, 0.1) is 20.8 Å². The number of Topliss-reactive ketones (excluding diaryl/α,β-unsaturated/α-hetero) is 1. The number of nitrogens with one attached hydrogen (secondary N) is 1. The molecule has 0 spiro atoms. The molecule has 134 valence electrons. The molecular formula is C19H19N3O4. The van der Waals surface area contributed by atoms with Crippen LogP contribution in [0.4, 0.5) is 5.69 Å². The van der Waals surface area contributed by atoms with E-state index in [4.69, 9.17) is 14.0 Å². The molecule has 0 amide bonds. The highest BCUT2D eigenvalue weighted by molar-refractivity contribution is 5.94. The molecule has 3 rings (SSSR count). The Morgan fingerprint density at radius 3 is 2.65 bits per heavy atom. The average Bonchev–Trinajstić information content (AvgIpc) is 3.15. The second-order valence-electron chi connectivity index (χ2n) is 5.57. The molecular weight excluding hydrogens is 334 g/mol. The van der Waals surface area contributed by atoms with Gasteiger partial charge in [0.1, 0.15) is 0 Å². The molecule has 2 aromatic carbocycles. The molecule has 0 saturated carbocycles. The molecule has 0 aliphatic rings. The second kappa shape index (κ2) is 7.69. The van der Waals surface area contributed by atoms with Crippen molar-refractivity contribution in [2.45, 2.75) is 13.5 Å². The Morgan fingerprint density at radius 1 is 1.12 bits per heavy atom. The summed E-state index contributed by atoms with van der Waals surface area (Å²) in [7, 11) is 3.15. The van der Waals surface area contributed by atoms with Gasteiger partial charge in [0.2, 0.25) is 11.7 Å². The van der Waals surface area contributed by atoms with Crippen LogP contribution in [0.2, 0.25) is 0 Å². The fourth-order valence-electron chi connectivity index (χ4n) is 2.45. The van der Waals surface area contributed by atoms with Crippen molar-refractivity contribution in [3.8, 4) is 22.9 Å². The molecule has 26 heavy (non-hydrogen) atoms. The minimum absolute atomic E-state index is 0.0159. The highest BCUT2D eigenvalue weighted by atomic mass is 16.5. The molecule has 0 radical (unpaired) electrons. The van der Waals surface area contributed by atoms with Gasteiger partial charge in [-0.1, -0.05) is 17.3 Å². The summed E-state index contributed by atoms with van der Waals surface area (Å²) in [5.41, 5.74) is 2.21. The average molecular weight is 353 g/mol. The van der Waals surface area contributed by atoms with E-state index >= 15 is 0 Å². The Hall–Kier alpha value is -3.35. The number of anilines is 1. The van der Waals surface area contributed by atoms with Gasteiger partial charge in [0.15, 0.2) is 17.3 Å². The maximum absolute atomic E-state index is 11.4. The number of ether oxygens (including phenoxy) is 2. The van der Waals surface area contributed by atoms with E-state index in [1.165, 1.54) is 6.92 Å². The zero-order valence-corrected chi connectivity index (χ0v) is 14.8. The summed E-state index contributed by atoms with van der Waals surface area (Å²) in [4.78, 5) is 15.8. The standard InChI is InChI=1S/C19H19N3O4/c1-12(23)13-5-4-6-15(9-13)20-11-18-21-19(22-26-18)14-7-8-16(24-2)17(10-14)25-3/h4-10,20H,11H2,1-3H3. The summed E-state index contributed by atoms with van der Waals surface area (Å²) in [6.45, 7) is 1.88. The van der Waals surface area contributed by atoms with Crippen molar-refractivity contribution >= 4 is 11.5 Å². The Kier molecular flexibility index (Phi) is 5.17. The second-order valence-corrected chi connectivity index (χ2v) is 5.57. The van der Waals surface area contributed by atoms with Gasteiger partial charge in [-0.15, -0.1) is 0 Å². The molecule has 0 unspecified atom stereocenters. The van der Waals surface area contributed by atoms with Crippen LogP contribution in [0.15, 0.2) is 47.0 Å². The van der Waals surface area contributed by atoms with E-state index in [1.807, 2.05) is 18.2 Å². The maximum Gasteiger partial charge on any atom is 0.246 e. The predicted octanol–water partition coefficient (Wildman–Crippen LogP) is 3.57. The van der Waals surface area contributed by atoms with Crippen molar-refractivity contribution in [2.24, 2.45) is 0 Å². The SMILES string of the molecule is COc1ccc(-c2noc(CNc3cccc(C(C)=O)c3)n2)cc1OC. The number of benzene rings is 2. The van der Waals surface area contributed by atoms with Crippen LogP contribution < -0.4 is 14.8 Å². The van der Waals surface area contributed by atoms with Crippen molar-refractivity contribution in [3.05, 3.63) is 53.9 Å². The van der Waals surface area contributed by atoms with Crippen LogP contribution in [-0.2, 0) is 6.54 Å². The third-order valence-electron chi connectivity index (χ3n) is 3.82. The Labute approximate surface area is 150 Å². The first-order valence-electron chi connectivity index (χ1n) is 8.00. The lowest BCUT2D eigenvalue weighted by Gasteiger charge is -2.07. The van der Waals surface area contributed by atoms with Crippen LogP contribution >= 0.6 is 0 Å². The number of nitrogens with zero attached hydrogens (tertiary/aromatic N) is 2. The van der Waals surface area contributed by atoms with Gasteiger partial charge in [-0.05, 0) is 37.3 Å². The van der Waals surface area contributed by atoms with E-state index in [-0.39, 0.29) is 5.78 Å². The summed E-state index contributed by atoms with van der Waals surface area (Å²) in [5, 5.41) is 7.17. The quantitative estimate of drug-likeness (QED) is 0.650. The van der Waals surface area contributed by atoms with Gasteiger partial charge >= 0.3 is 0 Å². The zero-order valence-electron chi connectivity index (χ0n) is 14.8. The van der Waals surface area contributed by atoms with Crippen molar-refractivity contribution in [3.63, 3.8) is 0 Å². The van der Waals surface area contributed by atoms with Crippen molar-refractivity contribution in [1.29, 1.82) is 0 Å². The first-order valence-corrected chi connectivity index (χ1v) is 8.00. The summed E-state index contributed by atoms with van der Waals surface area (Å²) in [6.07, 6.45) is 0. The number of methoxy groups -OCH3 is 2. The molecule has 0 fully saturated rings. The molecule has 0 aliphatic heterocycles. The Bertz CT molecular complexity index is 921. The fraction of sp³-hybridized carbons (Fsp3) is 0.211. The molecule has 0 aliphatic carbocycles. The molecule has 7 nitrogen and oxygen atoms in total. The van der Waals surface area contributed by atoms with Gasteiger partial charge in [-0.2, -0.15) is 4.98 Å². The normalized spacial score (nSPS) is 10.4. The molecule has 1 N–H and O–H groups in total. The summed E-state index contributed by atoms with van der Waals surface area (Å²) in [5.74, 6) is 2.13. The first-order chi connectivity index (χ1) is 12.6. The largest absolute Gasteiger partial charge is 0.493 e. The van der Waals surface area contributed by atoms with Gasteiger partial charge in [0.25, 0.3) is 0 Å². The molecule has 1 heterocycles. The summed E-state index contributed by atoms with van der Waals surface area (Å²) >= 11 is 0. The van der Waals surface area contributed by atoms with Gasteiger partial charge in [-0.3, -0.25) is 4.79 Å². The number of carbonyl (C=O) groups is 1. The van der Waals surface area contributed by atoms with Crippen LogP contribution in [0.1, 0.15) is 23.2 Å². The lowest BCUT2D eigenvalue weighted by molar-refractivity contribution is 0.101. The van der Waals surface area contributed by atoms with E-state index in [1.54, 1.807) is 38.5 Å². The third kappa shape index (κ3) is 3.83. The minimum atomic E-state index is 0.0159. The van der Waals surface area contributed by atoms with Crippen molar-refractivity contribution in [2.75, 3.05) is 19.5 Å². The topological polar surface area (TPSA) is 86.5 Å². The number of aromatic nitrogens is 2. The van der Waals surface area contributed by atoms with E-state index in [0.717, 1.165) is 11.3 Å². The van der Waals surface area contributed by atoms with Gasteiger partial charge in [-0.25, -0.2) is 0 Å². The number of ketones is 1. The van der Waals surface area contributed by atoms with Crippen LogP contribution in [0, 0.1) is 0 Å². The molecule has 7 heteroatoms. The lowest BCUT2D eigenvalue weighted by Crippen LogP contribution is -2.01. The van der Waals surface area contributed by atoms with Crippen LogP contribution in [-0.4, -0.2) is 30.1 Å².